The van der Waals surface area contributed by atoms with E-state index >= 15 is 0 Å². The second kappa shape index (κ2) is 8.27. The number of amides is 1. The highest BCUT2D eigenvalue weighted by molar-refractivity contribution is 5.95. The minimum Gasteiger partial charge on any atom is -0.324 e. The highest BCUT2D eigenvalue weighted by Crippen LogP contribution is 2.17. The summed E-state index contributed by atoms with van der Waals surface area (Å²) in [5.74, 6) is -0.0639. The monoisotopic (exact) mass is 330 g/mol. The molecule has 0 saturated heterocycles. The van der Waals surface area contributed by atoms with Crippen LogP contribution in [0.2, 0.25) is 0 Å². The first-order valence-corrected chi connectivity index (χ1v) is 8.42. The minimum absolute atomic E-state index is 0.0639. The molecule has 0 aliphatic carbocycles. The number of hydrogen-bond acceptors (Lipinski definition) is 2. The third kappa shape index (κ3) is 4.78. The molecule has 0 fully saturated rings. The highest BCUT2D eigenvalue weighted by Gasteiger charge is 2.20. The van der Waals surface area contributed by atoms with Crippen molar-refractivity contribution < 1.29 is 4.79 Å². The molecule has 2 N–H and O–H groups in total. The Morgan fingerprint density at radius 1 is 0.840 bits per heavy atom. The molecule has 3 aromatic rings. The van der Waals surface area contributed by atoms with Crippen molar-refractivity contribution in [1.29, 1.82) is 0 Å². The van der Waals surface area contributed by atoms with Crippen LogP contribution in [0.3, 0.4) is 0 Å². The number of aryl methyl sites for hydroxylation is 1. The molecule has 3 heteroatoms. The number of nitrogens with one attached hydrogen (secondary N) is 2. The Hall–Kier alpha value is -2.91. The molecule has 0 bridgehead atoms. The maximum Gasteiger partial charge on any atom is 0.246 e. The summed E-state index contributed by atoms with van der Waals surface area (Å²) < 4.78 is 0. The summed E-state index contributed by atoms with van der Waals surface area (Å²) in [6.45, 7) is 2.65. The van der Waals surface area contributed by atoms with Gasteiger partial charge in [-0.05, 0) is 30.2 Å². The van der Waals surface area contributed by atoms with Crippen LogP contribution in [0.4, 0.5) is 5.69 Å². The summed E-state index contributed by atoms with van der Waals surface area (Å²) in [6.07, 6.45) is 0. The van der Waals surface area contributed by atoms with Crippen LogP contribution < -0.4 is 10.6 Å². The third-order valence-electron chi connectivity index (χ3n) is 4.07. The number of carbonyl (C=O) groups excluding carboxylic acids is 1. The van der Waals surface area contributed by atoms with Crippen molar-refractivity contribution in [2.75, 3.05) is 5.32 Å². The Balaban J connectivity index is 1.75. The van der Waals surface area contributed by atoms with Crippen molar-refractivity contribution in [3.63, 3.8) is 0 Å². The van der Waals surface area contributed by atoms with Crippen LogP contribution in [0.1, 0.15) is 22.7 Å². The van der Waals surface area contributed by atoms with Gasteiger partial charge < -0.3 is 5.32 Å². The van der Waals surface area contributed by atoms with Gasteiger partial charge in [0.15, 0.2) is 0 Å². The van der Waals surface area contributed by atoms with Gasteiger partial charge in [-0.15, -0.1) is 0 Å². The molecule has 0 aromatic heterocycles. The number of rotatable bonds is 6. The van der Waals surface area contributed by atoms with E-state index in [0.29, 0.717) is 6.54 Å². The van der Waals surface area contributed by atoms with E-state index in [9.17, 15) is 4.79 Å². The first kappa shape index (κ1) is 16.9. The average molecular weight is 330 g/mol. The Morgan fingerprint density at radius 3 is 2.08 bits per heavy atom. The van der Waals surface area contributed by atoms with Crippen LogP contribution >= 0.6 is 0 Å². The summed E-state index contributed by atoms with van der Waals surface area (Å²) >= 11 is 0. The summed E-state index contributed by atoms with van der Waals surface area (Å²) in [4.78, 5) is 12.8. The average Bonchev–Trinajstić information content (AvgIpc) is 2.65. The van der Waals surface area contributed by atoms with Gasteiger partial charge in [0.1, 0.15) is 6.04 Å². The summed E-state index contributed by atoms with van der Waals surface area (Å²) in [7, 11) is 0. The summed E-state index contributed by atoms with van der Waals surface area (Å²) in [6, 6.07) is 27.3. The fraction of sp³-hybridized carbons (Fsp3) is 0.136. The minimum atomic E-state index is -0.414. The van der Waals surface area contributed by atoms with E-state index in [1.165, 1.54) is 5.56 Å². The van der Waals surface area contributed by atoms with Gasteiger partial charge in [-0.3, -0.25) is 10.1 Å². The normalized spacial score (nSPS) is 11.7. The lowest BCUT2D eigenvalue weighted by Gasteiger charge is -2.19. The van der Waals surface area contributed by atoms with Crippen molar-refractivity contribution in [3.05, 3.63) is 102 Å². The summed E-state index contributed by atoms with van der Waals surface area (Å²) in [5, 5.41) is 6.37. The molecule has 1 amide bonds. The zero-order valence-electron chi connectivity index (χ0n) is 14.3. The van der Waals surface area contributed by atoms with Crippen LogP contribution in [-0.2, 0) is 11.3 Å². The van der Waals surface area contributed by atoms with Gasteiger partial charge in [0.05, 0.1) is 0 Å². The van der Waals surface area contributed by atoms with Crippen LogP contribution in [0, 0.1) is 6.92 Å². The number of anilines is 1. The Bertz CT molecular complexity index is 798. The molecule has 25 heavy (non-hydrogen) atoms. The van der Waals surface area contributed by atoms with Crippen molar-refractivity contribution in [1.82, 2.24) is 5.32 Å². The zero-order chi connectivity index (χ0) is 17.5. The van der Waals surface area contributed by atoms with Gasteiger partial charge >= 0.3 is 0 Å². The molecule has 0 saturated carbocycles. The predicted octanol–water partition coefficient (Wildman–Crippen LogP) is 4.46. The number of benzene rings is 3. The van der Waals surface area contributed by atoms with Crippen LogP contribution in [0.5, 0.6) is 0 Å². The number of hydrogen-bond donors (Lipinski definition) is 2. The maximum atomic E-state index is 12.8. The molecular formula is C22H22N2O. The van der Waals surface area contributed by atoms with E-state index in [0.717, 1.165) is 16.8 Å². The van der Waals surface area contributed by atoms with E-state index in [2.05, 4.69) is 10.6 Å². The van der Waals surface area contributed by atoms with Gasteiger partial charge in [0.25, 0.3) is 0 Å². The molecular weight excluding hydrogens is 308 g/mol. The van der Waals surface area contributed by atoms with Crippen molar-refractivity contribution >= 4 is 11.6 Å². The van der Waals surface area contributed by atoms with Gasteiger partial charge in [0, 0.05) is 12.2 Å². The van der Waals surface area contributed by atoms with E-state index in [1.807, 2.05) is 91.9 Å². The van der Waals surface area contributed by atoms with Crippen molar-refractivity contribution in [2.24, 2.45) is 0 Å². The molecule has 0 aliphatic rings. The fourth-order valence-electron chi connectivity index (χ4n) is 2.67. The van der Waals surface area contributed by atoms with E-state index in [4.69, 9.17) is 0 Å². The molecule has 1 atom stereocenters. The first-order valence-electron chi connectivity index (χ1n) is 8.42. The first-order chi connectivity index (χ1) is 12.2. The Labute approximate surface area is 148 Å². The van der Waals surface area contributed by atoms with E-state index in [1.54, 1.807) is 0 Å². The molecule has 0 aliphatic heterocycles. The molecule has 0 heterocycles. The van der Waals surface area contributed by atoms with E-state index < -0.39 is 6.04 Å². The standard InChI is InChI=1S/C22H22N2O/c1-17-12-14-20(15-13-17)24-22(25)21(19-10-6-3-7-11-19)23-16-18-8-4-2-5-9-18/h2-15,21,23H,16H2,1H3,(H,24,25)/t21-/m0/s1. The van der Waals surface area contributed by atoms with Gasteiger partial charge in [-0.2, -0.15) is 0 Å². The van der Waals surface area contributed by atoms with Gasteiger partial charge in [-0.1, -0.05) is 78.4 Å². The largest absolute Gasteiger partial charge is 0.324 e. The molecule has 126 valence electrons. The zero-order valence-corrected chi connectivity index (χ0v) is 14.3. The molecule has 3 rings (SSSR count). The summed E-state index contributed by atoms with van der Waals surface area (Å²) in [5.41, 5.74) is 4.06. The smallest absolute Gasteiger partial charge is 0.246 e. The molecule has 0 spiro atoms. The van der Waals surface area contributed by atoms with E-state index in [-0.39, 0.29) is 5.91 Å². The van der Waals surface area contributed by atoms with Crippen molar-refractivity contribution in [2.45, 2.75) is 19.5 Å². The SMILES string of the molecule is Cc1ccc(NC(=O)[C@@H](NCc2ccccc2)c2ccccc2)cc1. The highest BCUT2D eigenvalue weighted by atomic mass is 16.2. The lowest BCUT2D eigenvalue weighted by atomic mass is 10.1. The van der Waals surface area contributed by atoms with Crippen LogP contribution in [0.25, 0.3) is 0 Å². The fourth-order valence-corrected chi connectivity index (χ4v) is 2.67. The topological polar surface area (TPSA) is 41.1 Å². The molecule has 3 aromatic carbocycles. The molecule has 0 radical (unpaired) electrons. The molecule has 0 unspecified atom stereocenters. The Kier molecular flexibility index (Phi) is 5.60. The predicted molar refractivity (Wildman–Crippen MR) is 102 cm³/mol. The number of carbonyl (C=O) groups is 1. The lowest BCUT2D eigenvalue weighted by Crippen LogP contribution is -2.32. The van der Waals surface area contributed by atoms with Crippen LogP contribution in [-0.4, -0.2) is 5.91 Å². The quantitative estimate of drug-likeness (QED) is 0.700. The molecule has 3 nitrogen and oxygen atoms in total. The maximum absolute atomic E-state index is 12.8. The van der Waals surface area contributed by atoms with Gasteiger partial charge in [0.2, 0.25) is 5.91 Å². The second-order valence-electron chi connectivity index (χ2n) is 6.07. The third-order valence-corrected chi connectivity index (χ3v) is 4.07. The van der Waals surface area contributed by atoms with Gasteiger partial charge in [-0.25, -0.2) is 0 Å². The van der Waals surface area contributed by atoms with Crippen molar-refractivity contribution in [3.8, 4) is 0 Å². The second-order valence-corrected chi connectivity index (χ2v) is 6.07. The Morgan fingerprint density at radius 2 is 1.44 bits per heavy atom. The van der Waals surface area contributed by atoms with Crippen LogP contribution in [0.15, 0.2) is 84.9 Å². The lowest BCUT2D eigenvalue weighted by molar-refractivity contribution is -0.118.